The minimum Gasteiger partial charge on any atom is -0.497 e. The summed E-state index contributed by atoms with van der Waals surface area (Å²) in [7, 11) is -0.948. The lowest BCUT2D eigenvalue weighted by molar-refractivity contribution is 0.102. The van der Waals surface area contributed by atoms with Crippen molar-refractivity contribution in [3.8, 4) is 5.75 Å². The molecule has 8 heteroatoms. The molecular formula is C22H21FN2O4S. The van der Waals surface area contributed by atoms with Crippen LogP contribution in [-0.4, -0.2) is 28.5 Å². The number of hydrogen-bond acceptors (Lipinski definition) is 4. The molecule has 0 spiro atoms. The number of nitrogens with one attached hydrogen (secondary N) is 1. The van der Waals surface area contributed by atoms with Crippen molar-refractivity contribution in [1.82, 2.24) is 0 Å². The molecule has 0 aliphatic carbocycles. The smallest absolute Gasteiger partial charge is 0.264 e. The number of anilines is 2. The zero-order valence-electron chi connectivity index (χ0n) is 16.7. The number of ether oxygens (including phenoxy) is 1. The van der Waals surface area contributed by atoms with Gasteiger partial charge in [-0.3, -0.25) is 9.10 Å². The Balaban J connectivity index is 1.92. The van der Waals surface area contributed by atoms with E-state index in [2.05, 4.69) is 5.32 Å². The van der Waals surface area contributed by atoms with Crippen molar-refractivity contribution in [2.45, 2.75) is 11.8 Å². The topological polar surface area (TPSA) is 75.7 Å². The largest absolute Gasteiger partial charge is 0.497 e. The Morgan fingerprint density at radius 2 is 1.70 bits per heavy atom. The van der Waals surface area contributed by atoms with Crippen LogP contribution in [0.1, 0.15) is 15.9 Å². The highest BCUT2D eigenvalue weighted by Crippen LogP contribution is 2.28. The molecule has 1 amide bonds. The van der Waals surface area contributed by atoms with E-state index in [1.54, 1.807) is 37.3 Å². The van der Waals surface area contributed by atoms with Crippen molar-refractivity contribution < 1.29 is 22.3 Å². The van der Waals surface area contributed by atoms with Gasteiger partial charge in [0, 0.05) is 12.6 Å². The molecule has 0 fully saturated rings. The van der Waals surface area contributed by atoms with Crippen LogP contribution in [0.15, 0.2) is 71.6 Å². The van der Waals surface area contributed by atoms with E-state index < -0.39 is 21.7 Å². The van der Waals surface area contributed by atoms with Gasteiger partial charge in [-0.2, -0.15) is 0 Å². The van der Waals surface area contributed by atoms with Gasteiger partial charge in [0.25, 0.3) is 15.9 Å². The fourth-order valence-electron chi connectivity index (χ4n) is 2.88. The number of carbonyl (C=O) groups excluding carboxylic acids is 1. The van der Waals surface area contributed by atoms with Gasteiger partial charge in [0.1, 0.15) is 11.6 Å². The third kappa shape index (κ3) is 4.28. The van der Waals surface area contributed by atoms with Crippen LogP contribution in [0.2, 0.25) is 0 Å². The number of para-hydroxylation sites is 1. The van der Waals surface area contributed by atoms with E-state index in [4.69, 9.17) is 4.74 Å². The van der Waals surface area contributed by atoms with Crippen LogP contribution < -0.4 is 14.4 Å². The summed E-state index contributed by atoms with van der Waals surface area (Å²) in [6, 6.07) is 16.5. The van der Waals surface area contributed by atoms with Crippen LogP contribution in [0.25, 0.3) is 0 Å². The fourth-order valence-corrected chi connectivity index (χ4v) is 4.13. The molecule has 3 rings (SSSR count). The molecule has 3 aromatic carbocycles. The van der Waals surface area contributed by atoms with E-state index in [1.165, 1.54) is 50.6 Å². The molecule has 0 aliphatic heterocycles. The average molecular weight is 428 g/mol. The molecule has 0 radical (unpaired) electrons. The first-order chi connectivity index (χ1) is 14.2. The van der Waals surface area contributed by atoms with Crippen molar-refractivity contribution in [3.05, 3.63) is 83.7 Å². The normalized spacial score (nSPS) is 11.1. The molecule has 0 bridgehead atoms. The van der Waals surface area contributed by atoms with Crippen molar-refractivity contribution in [2.75, 3.05) is 23.8 Å². The van der Waals surface area contributed by atoms with Crippen LogP contribution in [0, 0.1) is 12.7 Å². The summed E-state index contributed by atoms with van der Waals surface area (Å²) in [4.78, 5) is 12.7. The zero-order valence-corrected chi connectivity index (χ0v) is 17.5. The van der Waals surface area contributed by atoms with Crippen molar-refractivity contribution in [1.29, 1.82) is 0 Å². The summed E-state index contributed by atoms with van der Waals surface area (Å²) in [5, 5.41) is 2.50. The predicted molar refractivity (Wildman–Crippen MR) is 114 cm³/mol. The number of aryl methyl sites for hydroxylation is 1. The number of carbonyl (C=O) groups is 1. The van der Waals surface area contributed by atoms with E-state index in [-0.39, 0.29) is 16.1 Å². The van der Waals surface area contributed by atoms with Crippen LogP contribution in [-0.2, 0) is 10.0 Å². The standard InChI is InChI=1S/C22H21FN2O4S/c1-15-8-9-16(22(26)24-20-7-5-4-6-19(20)23)14-21(15)25(2)30(27,28)18-12-10-17(29-3)11-13-18/h4-14H,1-3H3,(H,24,26). The van der Waals surface area contributed by atoms with Gasteiger partial charge in [0.2, 0.25) is 0 Å². The quantitative estimate of drug-likeness (QED) is 0.638. The lowest BCUT2D eigenvalue weighted by Gasteiger charge is -2.22. The molecule has 0 aliphatic rings. The highest BCUT2D eigenvalue weighted by Gasteiger charge is 2.23. The van der Waals surface area contributed by atoms with Gasteiger partial charge in [0.05, 0.1) is 23.4 Å². The van der Waals surface area contributed by atoms with Crippen LogP contribution >= 0.6 is 0 Å². The Hall–Kier alpha value is -3.39. The number of rotatable bonds is 6. The van der Waals surface area contributed by atoms with E-state index in [1.807, 2.05) is 0 Å². The van der Waals surface area contributed by atoms with Gasteiger partial charge in [0.15, 0.2) is 0 Å². The first-order valence-electron chi connectivity index (χ1n) is 9.03. The van der Waals surface area contributed by atoms with Gasteiger partial charge < -0.3 is 10.1 Å². The van der Waals surface area contributed by atoms with Crippen molar-refractivity contribution in [3.63, 3.8) is 0 Å². The predicted octanol–water partition coefficient (Wildman–Crippen LogP) is 4.22. The highest BCUT2D eigenvalue weighted by atomic mass is 32.2. The van der Waals surface area contributed by atoms with Crippen LogP contribution in [0.5, 0.6) is 5.75 Å². The van der Waals surface area contributed by atoms with Crippen LogP contribution in [0.3, 0.4) is 0 Å². The molecule has 0 aromatic heterocycles. The van der Waals surface area contributed by atoms with E-state index in [0.29, 0.717) is 17.0 Å². The zero-order chi connectivity index (χ0) is 21.9. The van der Waals surface area contributed by atoms with Gasteiger partial charge in [-0.25, -0.2) is 12.8 Å². The number of amides is 1. The molecule has 0 atom stereocenters. The number of methoxy groups -OCH3 is 1. The number of nitrogens with zero attached hydrogens (tertiary/aromatic N) is 1. The lowest BCUT2D eigenvalue weighted by Crippen LogP contribution is -2.27. The SMILES string of the molecule is COc1ccc(S(=O)(=O)N(C)c2cc(C(=O)Nc3ccccc3F)ccc2C)cc1. The number of sulfonamides is 1. The Labute approximate surface area is 175 Å². The van der Waals surface area contributed by atoms with Gasteiger partial charge in [-0.15, -0.1) is 0 Å². The second kappa shape index (κ2) is 8.54. The number of benzene rings is 3. The van der Waals surface area contributed by atoms with Crippen molar-refractivity contribution in [2.24, 2.45) is 0 Å². The Bertz CT molecular complexity index is 1180. The van der Waals surface area contributed by atoms with Gasteiger partial charge in [-0.1, -0.05) is 18.2 Å². The molecule has 156 valence electrons. The summed E-state index contributed by atoms with van der Waals surface area (Å²) >= 11 is 0. The summed E-state index contributed by atoms with van der Waals surface area (Å²) in [6.07, 6.45) is 0. The van der Waals surface area contributed by atoms with Gasteiger partial charge >= 0.3 is 0 Å². The minimum atomic E-state index is -3.86. The van der Waals surface area contributed by atoms with Crippen molar-refractivity contribution >= 4 is 27.3 Å². The molecule has 0 unspecified atom stereocenters. The van der Waals surface area contributed by atoms with Crippen LogP contribution in [0.4, 0.5) is 15.8 Å². The maximum Gasteiger partial charge on any atom is 0.264 e. The molecular weight excluding hydrogens is 407 g/mol. The summed E-state index contributed by atoms with van der Waals surface area (Å²) < 4.78 is 46.1. The third-order valence-electron chi connectivity index (χ3n) is 4.65. The lowest BCUT2D eigenvalue weighted by atomic mass is 10.1. The number of hydrogen-bond donors (Lipinski definition) is 1. The van der Waals surface area contributed by atoms with E-state index in [9.17, 15) is 17.6 Å². The fraction of sp³-hybridized carbons (Fsp3) is 0.136. The molecule has 0 saturated carbocycles. The first kappa shape index (κ1) is 21.3. The Morgan fingerprint density at radius 3 is 2.33 bits per heavy atom. The monoisotopic (exact) mass is 428 g/mol. The first-order valence-corrected chi connectivity index (χ1v) is 10.5. The molecule has 6 nitrogen and oxygen atoms in total. The molecule has 0 saturated heterocycles. The maximum absolute atomic E-state index is 13.8. The van der Waals surface area contributed by atoms with Gasteiger partial charge in [-0.05, 0) is 61.0 Å². The second-order valence-corrected chi connectivity index (χ2v) is 8.55. The summed E-state index contributed by atoms with van der Waals surface area (Å²) in [6.45, 7) is 1.74. The molecule has 0 heterocycles. The molecule has 3 aromatic rings. The minimum absolute atomic E-state index is 0.0452. The van der Waals surface area contributed by atoms with E-state index >= 15 is 0 Å². The molecule has 30 heavy (non-hydrogen) atoms. The average Bonchev–Trinajstić information content (AvgIpc) is 2.75. The van der Waals surface area contributed by atoms with E-state index in [0.717, 1.165) is 4.31 Å². The number of halogens is 1. The highest BCUT2D eigenvalue weighted by molar-refractivity contribution is 7.92. The third-order valence-corrected chi connectivity index (χ3v) is 6.44. The summed E-state index contributed by atoms with van der Waals surface area (Å²) in [5.41, 5.74) is 1.25. The second-order valence-electron chi connectivity index (χ2n) is 6.58. The maximum atomic E-state index is 13.8. The Kier molecular flexibility index (Phi) is 6.07. The Morgan fingerprint density at radius 1 is 1.03 bits per heavy atom. The summed E-state index contributed by atoms with van der Waals surface area (Å²) in [5.74, 6) is -0.562. The molecule has 1 N–H and O–H groups in total.